The van der Waals surface area contributed by atoms with Gasteiger partial charge in [0.2, 0.25) is 5.60 Å². The Hall–Kier alpha value is -1.65. The number of carbonyl (C=O) groups excluding carboxylic acids is 1. The molecule has 0 aliphatic carbocycles. The lowest BCUT2D eigenvalue weighted by atomic mass is 9.91. The van der Waals surface area contributed by atoms with Crippen LogP contribution in [-0.2, 0) is 14.3 Å². The molecular formula is C15H18O4. The molecule has 1 unspecified atom stereocenters. The lowest BCUT2D eigenvalue weighted by Crippen LogP contribution is -2.45. The molecule has 0 aromatic heterocycles. The van der Waals surface area contributed by atoms with Crippen LogP contribution in [0, 0.1) is 0 Å². The molecule has 0 spiro atoms. The van der Waals surface area contributed by atoms with Crippen LogP contribution in [0.4, 0.5) is 0 Å². The van der Waals surface area contributed by atoms with Gasteiger partial charge < -0.3 is 14.6 Å². The molecule has 1 aromatic rings. The summed E-state index contributed by atoms with van der Waals surface area (Å²) in [7, 11) is 0. The van der Waals surface area contributed by atoms with Crippen LogP contribution in [0.1, 0.15) is 25.5 Å². The van der Waals surface area contributed by atoms with Crippen molar-refractivity contribution in [1.82, 2.24) is 0 Å². The zero-order valence-electron chi connectivity index (χ0n) is 11.1. The minimum Gasteiger partial charge on any atom is -0.461 e. The molecule has 0 saturated carbocycles. The third-order valence-electron chi connectivity index (χ3n) is 2.97. The Morgan fingerprint density at radius 2 is 2.05 bits per heavy atom. The minimum absolute atomic E-state index is 0.259. The van der Waals surface area contributed by atoms with E-state index in [4.69, 9.17) is 9.47 Å². The topological polar surface area (TPSA) is 55.8 Å². The van der Waals surface area contributed by atoms with Crippen molar-refractivity contribution in [1.29, 1.82) is 0 Å². The van der Waals surface area contributed by atoms with E-state index in [2.05, 4.69) is 0 Å². The van der Waals surface area contributed by atoms with Crippen molar-refractivity contribution in [3.63, 3.8) is 0 Å². The molecule has 2 atom stereocenters. The molecule has 19 heavy (non-hydrogen) atoms. The van der Waals surface area contributed by atoms with Gasteiger partial charge in [-0.15, -0.1) is 0 Å². The summed E-state index contributed by atoms with van der Waals surface area (Å²) in [6, 6.07) is 8.97. The third kappa shape index (κ3) is 2.69. The molecule has 1 aliphatic heterocycles. The number of hydrogen-bond donors (Lipinski definition) is 1. The Bertz CT molecular complexity index is 466. The summed E-state index contributed by atoms with van der Waals surface area (Å²) in [4.78, 5) is 12.2. The molecule has 0 fully saturated rings. The maximum Gasteiger partial charge on any atom is 0.345 e. The van der Waals surface area contributed by atoms with E-state index in [1.54, 1.807) is 50.3 Å². The van der Waals surface area contributed by atoms with E-state index in [1.165, 1.54) is 0 Å². The second kappa shape index (κ2) is 5.55. The molecule has 2 rings (SSSR count). The molecule has 0 bridgehead atoms. The number of rotatable bonds is 4. The van der Waals surface area contributed by atoms with Crippen molar-refractivity contribution in [2.24, 2.45) is 0 Å². The average molecular weight is 262 g/mol. The quantitative estimate of drug-likeness (QED) is 0.666. The van der Waals surface area contributed by atoms with Crippen molar-refractivity contribution in [3.05, 3.63) is 48.0 Å². The van der Waals surface area contributed by atoms with E-state index in [-0.39, 0.29) is 12.7 Å². The van der Waals surface area contributed by atoms with E-state index in [1.807, 2.05) is 6.07 Å². The summed E-state index contributed by atoms with van der Waals surface area (Å²) in [5, 5.41) is 10.5. The number of aliphatic hydroxyl groups excluding tert-OH is 1. The highest BCUT2D eigenvalue weighted by molar-refractivity contribution is 5.84. The van der Waals surface area contributed by atoms with E-state index >= 15 is 0 Å². The Morgan fingerprint density at radius 1 is 1.37 bits per heavy atom. The monoisotopic (exact) mass is 262 g/mol. The highest BCUT2D eigenvalue weighted by Gasteiger charge is 2.48. The van der Waals surface area contributed by atoms with Crippen molar-refractivity contribution < 1.29 is 19.4 Å². The zero-order valence-corrected chi connectivity index (χ0v) is 11.1. The Morgan fingerprint density at radius 3 is 2.58 bits per heavy atom. The minimum atomic E-state index is -1.44. The predicted octanol–water partition coefficient (Wildman–Crippen LogP) is 2.00. The first-order valence-corrected chi connectivity index (χ1v) is 6.32. The maximum absolute atomic E-state index is 12.2. The molecule has 0 amide bonds. The van der Waals surface area contributed by atoms with Gasteiger partial charge in [0.1, 0.15) is 6.10 Å². The fraction of sp³-hybridized carbons (Fsp3) is 0.400. The van der Waals surface area contributed by atoms with Crippen LogP contribution in [0.2, 0.25) is 0 Å². The predicted molar refractivity (Wildman–Crippen MR) is 70.5 cm³/mol. The Balaban J connectivity index is 2.30. The van der Waals surface area contributed by atoms with Crippen LogP contribution in [0.3, 0.4) is 0 Å². The van der Waals surface area contributed by atoms with Crippen LogP contribution in [0.25, 0.3) is 0 Å². The molecule has 4 nitrogen and oxygen atoms in total. The van der Waals surface area contributed by atoms with Crippen LogP contribution in [-0.4, -0.2) is 29.4 Å². The fourth-order valence-electron chi connectivity index (χ4n) is 2.06. The Labute approximate surface area is 112 Å². The van der Waals surface area contributed by atoms with Gasteiger partial charge in [-0.05, 0) is 25.5 Å². The van der Waals surface area contributed by atoms with Crippen molar-refractivity contribution in [2.75, 3.05) is 6.61 Å². The van der Waals surface area contributed by atoms with Crippen molar-refractivity contribution in [3.8, 4) is 0 Å². The van der Waals surface area contributed by atoms with Gasteiger partial charge in [0.25, 0.3) is 0 Å². The van der Waals surface area contributed by atoms with E-state index in [0.29, 0.717) is 5.56 Å². The fourth-order valence-corrected chi connectivity index (χ4v) is 2.06. The lowest BCUT2D eigenvalue weighted by molar-refractivity contribution is -0.179. The molecule has 4 heteroatoms. The van der Waals surface area contributed by atoms with E-state index in [9.17, 15) is 9.90 Å². The van der Waals surface area contributed by atoms with E-state index < -0.39 is 17.7 Å². The number of benzene rings is 1. The molecule has 1 heterocycles. The molecule has 1 aliphatic rings. The smallest absolute Gasteiger partial charge is 0.345 e. The van der Waals surface area contributed by atoms with Gasteiger partial charge in [-0.25, -0.2) is 4.79 Å². The van der Waals surface area contributed by atoms with Gasteiger partial charge >= 0.3 is 5.97 Å². The standard InChI is InChI=1S/C15H18O4/c1-11(2)19-14(17)15(9-6-10-18-15)13(16)12-7-4-3-5-8-12/h3-9,11,13,16H,10H2,1-2H3/t13-,15?/m0/s1. The number of carbonyl (C=O) groups is 1. The highest BCUT2D eigenvalue weighted by Crippen LogP contribution is 2.35. The largest absolute Gasteiger partial charge is 0.461 e. The summed E-state index contributed by atoms with van der Waals surface area (Å²) in [6.07, 6.45) is 1.95. The first-order chi connectivity index (χ1) is 9.06. The third-order valence-corrected chi connectivity index (χ3v) is 2.97. The lowest BCUT2D eigenvalue weighted by Gasteiger charge is -2.30. The second-order valence-corrected chi connectivity index (χ2v) is 4.77. The van der Waals surface area contributed by atoms with Crippen LogP contribution in [0.15, 0.2) is 42.5 Å². The van der Waals surface area contributed by atoms with Crippen LogP contribution >= 0.6 is 0 Å². The zero-order chi connectivity index (χ0) is 13.9. The van der Waals surface area contributed by atoms with Gasteiger partial charge in [-0.2, -0.15) is 0 Å². The van der Waals surface area contributed by atoms with E-state index in [0.717, 1.165) is 0 Å². The van der Waals surface area contributed by atoms with Crippen molar-refractivity contribution in [2.45, 2.75) is 31.7 Å². The summed E-state index contributed by atoms with van der Waals surface area (Å²) in [5.41, 5.74) is -0.819. The molecule has 0 radical (unpaired) electrons. The van der Waals surface area contributed by atoms with Gasteiger partial charge in [0, 0.05) is 0 Å². The van der Waals surface area contributed by atoms with Gasteiger partial charge in [0.15, 0.2) is 0 Å². The average Bonchev–Trinajstić information content (AvgIpc) is 2.89. The summed E-state index contributed by atoms with van der Waals surface area (Å²) in [6.45, 7) is 3.81. The van der Waals surface area contributed by atoms with Crippen LogP contribution < -0.4 is 0 Å². The summed E-state index contributed by atoms with van der Waals surface area (Å²) in [5.74, 6) is -0.562. The number of esters is 1. The van der Waals surface area contributed by atoms with Gasteiger partial charge in [-0.1, -0.05) is 36.4 Å². The number of ether oxygens (including phenoxy) is 2. The number of hydrogen-bond acceptors (Lipinski definition) is 4. The first kappa shape index (κ1) is 13.8. The molecule has 102 valence electrons. The summed E-state index contributed by atoms with van der Waals surface area (Å²) >= 11 is 0. The second-order valence-electron chi connectivity index (χ2n) is 4.77. The molecule has 0 saturated heterocycles. The van der Waals surface area contributed by atoms with Crippen molar-refractivity contribution >= 4 is 5.97 Å². The maximum atomic E-state index is 12.2. The molecule has 1 N–H and O–H groups in total. The normalized spacial score (nSPS) is 23.6. The SMILES string of the molecule is CC(C)OC(=O)C1([C@@H](O)c2ccccc2)C=CCO1. The van der Waals surface area contributed by atoms with Crippen LogP contribution in [0.5, 0.6) is 0 Å². The Kier molecular flexibility index (Phi) is 4.02. The molecular weight excluding hydrogens is 244 g/mol. The van der Waals surface area contributed by atoms with Gasteiger partial charge in [0.05, 0.1) is 12.7 Å². The van der Waals surface area contributed by atoms with Gasteiger partial charge in [-0.3, -0.25) is 0 Å². The molecule has 1 aromatic carbocycles. The number of aliphatic hydroxyl groups is 1. The summed E-state index contributed by atoms with van der Waals surface area (Å²) < 4.78 is 10.7. The highest BCUT2D eigenvalue weighted by atomic mass is 16.6. The first-order valence-electron chi connectivity index (χ1n) is 6.32.